The quantitative estimate of drug-likeness (QED) is 0.612. The summed E-state index contributed by atoms with van der Waals surface area (Å²) in [6.45, 7) is 2.08. The Morgan fingerprint density at radius 1 is 1.39 bits per heavy atom. The molecular weight excluding hydrogens is 250 g/mol. The van der Waals surface area contributed by atoms with Crippen LogP contribution in [0.1, 0.15) is 23.0 Å². The third kappa shape index (κ3) is 3.37. The van der Waals surface area contributed by atoms with Gasteiger partial charge in [0.2, 0.25) is 0 Å². The Morgan fingerprint density at radius 2 is 2.17 bits per heavy atom. The zero-order valence-electron chi connectivity index (χ0n) is 9.96. The van der Waals surface area contributed by atoms with Crippen molar-refractivity contribution in [1.82, 2.24) is 4.98 Å². The summed E-state index contributed by atoms with van der Waals surface area (Å²) in [5.74, 6) is 0.302. The molecule has 2 rings (SSSR count). The SMILES string of the molecule is CCOC(=O)c1coc(SCc2ccccc2)n1. The topological polar surface area (TPSA) is 52.3 Å². The molecule has 5 heteroatoms. The van der Waals surface area contributed by atoms with Crippen LogP contribution in [0.15, 0.2) is 46.2 Å². The van der Waals surface area contributed by atoms with Gasteiger partial charge in [-0.15, -0.1) is 0 Å². The maximum Gasteiger partial charge on any atom is 0.360 e. The van der Waals surface area contributed by atoms with Gasteiger partial charge in [-0.2, -0.15) is 4.98 Å². The van der Waals surface area contributed by atoms with Crippen molar-refractivity contribution < 1.29 is 13.9 Å². The molecule has 0 spiro atoms. The van der Waals surface area contributed by atoms with Gasteiger partial charge in [0.15, 0.2) is 5.69 Å². The van der Waals surface area contributed by atoms with E-state index in [0.29, 0.717) is 11.8 Å². The molecule has 1 aromatic heterocycles. The van der Waals surface area contributed by atoms with Crippen molar-refractivity contribution in [1.29, 1.82) is 0 Å². The molecule has 0 saturated heterocycles. The van der Waals surface area contributed by atoms with Crippen LogP contribution in [0.4, 0.5) is 0 Å². The maximum atomic E-state index is 11.4. The summed E-state index contributed by atoms with van der Waals surface area (Å²) in [4.78, 5) is 15.4. The number of ether oxygens (including phenoxy) is 1. The average molecular weight is 263 g/mol. The second-order valence-electron chi connectivity index (χ2n) is 3.49. The number of carbonyl (C=O) groups is 1. The molecule has 1 heterocycles. The molecule has 0 N–H and O–H groups in total. The Labute approximate surface area is 109 Å². The second-order valence-corrected chi connectivity index (χ2v) is 4.42. The van der Waals surface area contributed by atoms with E-state index in [-0.39, 0.29) is 5.69 Å². The summed E-state index contributed by atoms with van der Waals surface area (Å²) in [6, 6.07) is 9.99. The van der Waals surface area contributed by atoms with Crippen molar-refractivity contribution in [3.63, 3.8) is 0 Å². The highest BCUT2D eigenvalue weighted by atomic mass is 32.2. The van der Waals surface area contributed by atoms with Crippen LogP contribution in [-0.4, -0.2) is 17.6 Å². The van der Waals surface area contributed by atoms with Gasteiger partial charge in [0.25, 0.3) is 5.22 Å². The Morgan fingerprint density at radius 3 is 2.89 bits per heavy atom. The lowest BCUT2D eigenvalue weighted by atomic mass is 10.2. The molecule has 0 saturated carbocycles. The summed E-state index contributed by atoms with van der Waals surface area (Å²) < 4.78 is 10.0. The fraction of sp³-hybridized carbons (Fsp3) is 0.231. The minimum atomic E-state index is -0.451. The van der Waals surface area contributed by atoms with Gasteiger partial charge in [0, 0.05) is 5.75 Å². The van der Waals surface area contributed by atoms with E-state index in [1.54, 1.807) is 6.92 Å². The van der Waals surface area contributed by atoms with Crippen LogP contribution in [0, 0.1) is 0 Å². The Bertz CT molecular complexity index is 510. The number of nitrogens with zero attached hydrogens (tertiary/aromatic N) is 1. The van der Waals surface area contributed by atoms with Gasteiger partial charge >= 0.3 is 5.97 Å². The molecule has 0 bridgehead atoms. The van der Waals surface area contributed by atoms with Gasteiger partial charge in [-0.05, 0) is 12.5 Å². The molecular formula is C13H13NO3S. The van der Waals surface area contributed by atoms with Crippen LogP contribution in [0.5, 0.6) is 0 Å². The lowest BCUT2D eigenvalue weighted by Crippen LogP contribution is -2.04. The fourth-order valence-electron chi connectivity index (χ4n) is 1.34. The molecule has 0 aliphatic rings. The van der Waals surface area contributed by atoms with Gasteiger partial charge in [0.05, 0.1) is 6.61 Å². The van der Waals surface area contributed by atoms with E-state index in [9.17, 15) is 4.79 Å². The van der Waals surface area contributed by atoms with E-state index < -0.39 is 5.97 Å². The predicted molar refractivity (Wildman–Crippen MR) is 68.5 cm³/mol. The number of thioether (sulfide) groups is 1. The lowest BCUT2D eigenvalue weighted by Gasteiger charge is -1.97. The highest BCUT2D eigenvalue weighted by Crippen LogP contribution is 2.22. The highest BCUT2D eigenvalue weighted by molar-refractivity contribution is 7.98. The minimum absolute atomic E-state index is 0.215. The van der Waals surface area contributed by atoms with E-state index >= 15 is 0 Å². The number of hydrogen-bond donors (Lipinski definition) is 0. The molecule has 0 amide bonds. The molecule has 2 aromatic rings. The summed E-state index contributed by atoms with van der Waals surface area (Å²) in [5, 5.41) is 0.474. The second kappa shape index (κ2) is 6.26. The molecule has 1 aromatic carbocycles. The summed E-state index contributed by atoms with van der Waals surface area (Å²) in [7, 11) is 0. The van der Waals surface area contributed by atoms with E-state index in [4.69, 9.17) is 9.15 Å². The highest BCUT2D eigenvalue weighted by Gasteiger charge is 2.13. The summed E-state index contributed by atoms with van der Waals surface area (Å²) >= 11 is 1.44. The van der Waals surface area contributed by atoms with Crippen molar-refractivity contribution >= 4 is 17.7 Å². The molecule has 94 valence electrons. The summed E-state index contributed by atoms with van der Waals surface area (Å²) in [5.41, 5.74) is 1.39. The van der Waals surface area contributed by atoms with Crippen LogP contribution in [0.2, 0.25) is 0 Å². The van der Waals surface area contributed by atoms with Crippen molar-refractivity contribution in [2.45, 2.75) is 17.9 Å². The first-order chi connectivity index (χ1) is 8.79. The number of aromatic nitrogens is 1. The van der Waals surface area contributed by atoms with Crippen LogP contribution in [-0.2, 0) is 10.5 Å². The van der Waals surface area contributed by atoms with E-state index in [0.717, 1.165) is 5.75 Å². The first-order valence-corrected chi connectivity index (χ1v) is 6.57. The van der Waals surface area contributed by atoms with E-state index in [2.05, 4.69) is 4.98 Å². The molecule has 18 heavy (non-hydrogen) atoms. The number of hydrogen-bond acceptors (Lipinski definition) is 5. The monoisotopic (exact) mass is 263 g/mol. The van der Waals surface area contributed by atoms with Crippen molar-refractivity contribution in [3.05, 3.63) is 47.9 Å². The van der Waals surface area contributed by atoms with Gasteiger partial charge in [-0.3, -0.25) is 0 Å². The molecule has 0 radical (unpaired) electrons. The van der Waals surface area contributed by atoms with Crippen LogP contribution in [0.3, 0.4) is 0 Å². The van der Waals surface area contributed by atoms with Gasteiger partial charge in [0.1, 0.15) is 6.26 Å². The molecule has 0 aliphatic carbocycles. The smallest absolute Gasteiger partial charge is 0.360 e. The third-order valence-electron chi connectivity index (χ3n) is 2.17. The number of benzene rings is 1. The number of oxazole rings is 1. The van der Waals surface area contributed by atoms with Crippen LogP contribution in [0.25, 0.3) is 0 Å². The molecule has 4 nitrogen and oxygen atoms in total. The third-order valence-corrected chi connectivity index (χ3v) is 3.08. The average Bonchev–Trinajstić information content (AvgIpc) is 2.87. The van der Waals surface area contributed by atoms with E-state index in [1.807, 2.05) is 30.3 Å². The van der Waals surface area contributed by atoms with Crippen molar-refractivity contribution in [2.75, 3.05) is 6.61 Å². The normalized spacial score (nSPS) is 10.3. The molecule has 0 aliphatic heterocycles. The zero-order valence-corrected chi connectivity index (χ0v) is 10.8. The fourth-order valence-corrected chi connectivity index (χ4v) is 2.10. The van der Waals surface area contributed by atoms with Crippen LogP contribution >= 0.6 is 11.8 Å². The first kappa shape index (κ1) is 12.7. The molecule has 0 fully saturated rings. The summed E-state index contributed by atoms with van der Waals surface area (Å²) in [6.07, 6.45) is 1.32. The van der Waals surface area contributed by atoms with Crippen LogP contribution < -0.4 is 0 Å². The maximum absolute atomic E-state index is 11.4. The Kier molecular flexibility index (Phi) is 4.41. The first-order valence-electron chi connectivity index (χ1n) is 5.59. The standard InChI is InChI=1S/C13H13NO3S/c1-2-16-12(15)11-8-17-13(14-11)18-9-10-6-4-3-5-7-10/h3-8H,2,9H2,1H3. The van der Waals surface area contributed by atoms with Gasteiger partial charge < -0.3 is 9.15 Å². The zero-order chi connectivity index (χ0) is 12.8. The number of carbonyl (C=O) groups excluding carboxylic acids is 1. The van der Waals surface area contributed by atoms with Crippen molar-refractivity contribution in [2.24, 2.45) is 0 Å². The van der Waals surface area contributed by atoms with E-state index in [1.165, 1.54) is 23.6 Å². The molecule has 0 atom stereocenters. The van der Waals surface area contributed by atoms with Gasteiger partial charge in [-0.25, -0.2) is 4.79 Å². The lowest BCUT2D eigenvalue weighted by molar-refractivity contribution is 0.0519. The number of esters is 1. The van der Waals surface area contributed by atoms with Gasteiger partial charge in [-0.1, -0.05) is 42.1 Å². The predicted octanol–water partition coefficient (Wildman–Crippen LogP) is 3.14. The Balaban J connectivity index is 1.93. The molecule has 0 unspecified atom stereocenters. The van der Waals surface area contributed by atoms with Crippen molar-refractivity contribution in [3.8, 4) is 0 Å². The number of rotatable bonds is 5. The largest absolute Gasteiger partial charge is 0.461 e. The minimum Gasteiger partial charge on any atom is -0.461 e. The Hall–Kier alpha value is -1.75.